The molecule has 3 aliphatic rings. The summed E-state index contributed by atoms with van der Waals surface area (Å²) in [5.41, 5.74) is -0.0792. The molecule has 3 fully saturated rings. The minimum absolute atomic E-state index is 0.0429. The van der Waals surface area contributed by atoms with Gasteiger partial charge in [0.25, 0.3) is 0 Å². The van der Waals surface area contributed by atoms with Crippen LogP contribution in [0.1, 0.15) is 71.0 Å². The second kappa shape index (κ2) is 3.90. The molecule has 19 heavy (non-hydrogen) atoms. The predicted octanol–water partition coefficient (Wildman–Crippen LogP) is 3.16. The minimum atomic E-state index is -0.0751. The van der Waals surface area contributed by atoms with Crippen molar-refractivity contribution in [1.82, 2.24) is 10.1 Å². The summed E-state index contributed by atoms with van der Waals surface area (Å²) in [6, 6.07) is 0. The van der Waals surface area contributed by atoms with Crippen molar-refractivity contribution in [2.45, 2.75) is 70.1 Å². The van der Waals surface area contributed by atoms with Gasteiger partial charge in [-0.2, -0.15) is 4.98 Å². The van der Waals surface area contributed by atoms with Gasteiger partial charge in [-0.1, -0.05) is 25.9 Å². The van der Waals surface area contributed by atoms with Crippen molar-refractivity contribution < 1.29 is 9.32 Å². The summed E-state index contributed by atoms with van der Waals surface area (Å²) >= 11 is 0. The Bertz CT molecular complexity index is 474. The number of hydrogen-bond donors (Lipinski definition) is 0. The smallest absolute Gasteiger partial charge is 0.232 e. The lowest BCUT2D eigenvalue weighted by molar-refractivity contribution is -0.122. The molecule has 4 heteroatoms. The third kappa shape index (κ3) is 1.92. The summed E-state index contributed by atoms with van der Waals surface area (Å²) in [5, 5.41) is 4.15. The van der Waals surface area contributed by atoms with Crippen LogP contribution >= 0.6 is 0 Å². The predicted molar refractivity (Wildman–Crippen MR) is 70.9 cm³/mol. The van der Waals surface area contributed by atoms with Gasteiger partial charge in [-0.05, 0) is 38.5 Å². The molecule has 0 N–H and O–H groups in total. The van der Waals surface area contributed by atoms with Crippen LogP contribution in [0, 0.1) is 5.41 Å². The first kappa shape index (κ1) is 12.8. The standard InChI is InChI=1S/C15H22N2O2/c1-13(2,3)11-16-12(19-17-11)15-7-4-14(10-18,5-8-15)6-9-15/h10H,4-9H2,1-3H3. The van der Waals surface area contributed by atoms with Crippen LogP contribution in [0.4, 0.5) is 0 Å². The Morgan fingerprint density at radius 3 is 2.11 bits per heavy atom. The Morgan fingerprint density at radius 2 is 1.68 bits per heavy atom. The fourth-order valence-corrected chi connectivity index (χ4v) is 3.46. The zero-order valence-corrected chi connectivity index (χ0v) is 12.0. The number of fused-ring (bicyclic) bond motifs is 3. The maximum absolute atomic E-state index is 11.3. The summed E-state index contributed by atoms with van der Waals surface area (Å²) in [5.74, 6) is 1.59. The Labute approximate surface area is 114 Å². The number of rotatable bonds is 2. The lowest BCUT2D eigenvalue weighted by Gasteiger charge is -2.49. The highest BCUT2D eigenvalue weighted by molar-refractivity contribution is 5.60. The monoisotopic (exact) mass is 262 g/mol. The normalized spacial score (nSPS) is 34.5. The van der Waals surface area contributed by atoms with Gasteiger partial charge < -0.3 is 9.32 Å². The zero-order chi connectivity index (χ0) is 13.7. The summed E-state index contributed by atoms with van der Waals surface area (Å²) in [6.07, 6.45) is 7.15. The summed E-state index contributed by atoms with van der Waals surface area (Å²) in [6.45, 7) is 6.29. The molecular weight excluding hydrogens is 240 g/mol. The van der Waals surface area contributed by atoms with Crippen LogP contribution in [0.5, 0.6) is 0 Å². The molecular formula is C15H22N2O2. The van der Waals surface area contributed by atoms with Gasteiger partial charge in [0.2, 0.25) is 5.89 Å². The molecule has 0 atom stereocenters. The van der Waals surface area contributed by atoms with E-state index in [1.54, 1.807) is 0 Å². The van der Waals surface area contributed by atoms with E-state index in [2.05, 4.69) is 30.9 Å². The highest BCUT2D eigenvalue weighted by Crippen LogP contribution is 2.56. The Balaban J connectivity index is 1.88. The second-order valence-electron chi connectivity index (χ2n) is 7.43. The van der Waals surface area contributed by atoms with Crippen molar-refractivity contribution in [3.8, 4) is 0 Å². The molecule has 4 nitrogen and oxygen atoms in total. The molecule has 1 aromatic rings. The molecule has 4 rings (SSSR count). The van der Waals surface area contributed by atoms with Crippen molar-refractivity contribution in [3.05, 3.63) is 11.7 Å². The molecule has 0 amide bonds. The highest BCUT2D eigenvalue weighted by atomic mass is 16.5. The molecule has 0 aromatic carbocycles. The number of aldehydes is 1. The third-order valence-corrected chi connectivity index (χ3v) is 5.10. The van der Waals surface area contributed by atoms with Crippen LogP contribution in [-0.4, -0.2) is 16.4 Å². The van der Waals surface area contributed by atoms with E-state index in [1.165, 1.54) is 6.29 Å². The molecule has 0 radical (unpaired) electrons. The number of carbonyl (C=O) groups is 1. The first-order valence-electron chi connectivity index (χ1n) is 7.20. The van der Waals surface area contributed by atoms with Gasteiger partial charge in [-0.3, -0.25) is 0 Å². The Hall–Kier alpha value is -1.19. The summed E-state index contributed by atoms with van der Waals surface area (Å²) in [4.78, 5) is 15.9. The third-order valence-electron chi connectivity index (χ3n) is 5.10. The number of nitrogens with zero attached hydrogens (tertiary/aromatic N) is 2. The van der Waals surface area contributed by atoms with Crippen LogP contribution in [0.3, 0.4) is 0 Å². The SMILES string of the molecule is CC(C)(C)c1noc(C23CCC(C=O)(CC2)CC3)n1. The van der Waals surface area contributed by atoms with E-state index in [4.69, 9.17) is 4.52 Å². The molecule has 1 heterocycles. The first-order chi connectivity index (χ1) is 8.89. The lowest BCUT2D eigenvalue weighted by atomic mass is 9.54. The van der Waals surface area contributed by atoms with Gasteiger partial charge in [-0.15, -0.1) is 0 Å². The van der Waals surface area contributed by atoms with E-state index in [0.29, 0.717) is 0 Å². The van der Waals surface area contributed by atoms with Crippen molar-refractivity contribution >= 4 is 6.29 Å². The largest absolute Gasteiger partial charge is 0.339 e. The van der Waals surface area contributed by atoms with E-state index < -0.39 is 0 Å². The van der Waals surface area contributed by atoms with Crippen molar-refractivity contribution in [2.75, 3.05) is 0 Å². The molecule has 104 valence electrons. The van der Waals surface area contributed by atoms with Gasteiger partial charge in [0.05, 0.1) is 0 Å². The van der Waals surface area contributed by atoms with Gasteiger partial charge in [0, 0.05) is 16.2 Å². The van der Waals surface area contributed by atoms with Gasteiger partial charge in [0.15, 0.2) is 5.82 Å². The molecule has 3 aliphatic carbocycles. The fraction of sp³-hybridized carbons (Fsp3) is 0.800. The summed E-state index contributed by atoms with van der Waals surface area (Å²) in [7, 11) is 0. The number of carbonyl (C=O) groups excluding carboxylic acids is 1. The molecule has 0 aliphatic heterocycles. The molecule has 0 saturated heterocycles. The average Bonchev–Trinajstić information content (AvgIpc) is 2.91. The maximum Gasteiger partial charge on any atom is 0.232 e. The zero-order valence-electron chi connectivity index (χ0n) is 12.0. The Kier molecular flexibility index (Phi) is 2.63. The second-order valence-corrected chi connectivity index (χ2v) is 7.43. The average molecular weight is 262 g/mol. The van der Waals surface area contributed by atoms with Gasteiger partial charge >= 0.3 is 0 Å². The number of hydrogen-bond acceptors (Lipinski definition) is 4. The summed E-state index contributed by atoms with van der Waals surface area (Å²) < 4.78 is 5.57. The van der Waals surface area contributed by atoms with E-state index in [1.807, 2.05) is 0 Å². The number of aromatic nitrogens is 2. The van der Waals surface area contributed by atoms with E-state index in [0.717, 1.165) is 50.2 Å². The van der Waals surface area contributed by atoms with E-state index in [-0.39, 0.29) is 16.2 Å². The lowest BCUT2D eigenvalue weighted by Crippen LogP contribution is -2.45. The van der Waals surface area contributed by atoms with Crippen LogP contribution < -0.4 is 0 Å². The topological polar surface area (TPSA) is 56.0 Å². The quantitative estimate of drug-likeness (QED) is 0.768. The fourth-order valence-electron chi connectivity index (χ4n) is 3.46. The molecule has 1 aromatic heterocycles. The molecule has 2 bridgehead atoms. The molecule has 0 unspecified atom stereocenters. The minimum Gasteiger partial charge on any atom is -0.339 e. The van der Waals surface area contributed by atoms with Crippen LogP contribution in [0.25, 0.3) is 0 Å². The van der Waals surface area contributed by atoms with Crippen molar-refractivity contribution in [1.29, 1.82) is 0 Å². The molecule has 0 spiro atoms. The van der Waals surface area contributed by atoms with E-state index in [9.17, 15) is 4.79 Å². The van der Waals surface area contributed by atoms with Crippen LogP contribution in [0.15, 0.2) is 4.52 Å². The Morgan fingerprint density at radius 1 is 1.11 bits per heavy atom. The van der Waals surface area contributed by atoms with Crippen molar-refractivity contribution in [2.24, 2.45) is 5.41 Å². The van der Waals surface area contributed by atoms with E-state index >= 15 is 0 Å². The first-order valence-corrected chi connectivity index (χ1v) is 7.20. The van der Waals surface area contributed by atoms with Crippen LogP contribution in [-0.2, 0) is 15.6 Å². The maximum atomic E-state index is 11.3. The van der Waals surface area contributed by atoms with Crippen LogP contribution in [0.2, 0.25) is 0 Å². The molecule has 3 saturated carbocycles. The van der Waals surface area contributed by atoms with Gasteiger partial charge in [-0.25, -0.2) is 0 Å². The highest BCUT2D eigenvalue weighted by Gasteiger charge is 2.52. The van der Waals surface area contributed by atoms with Gasteiger partial charge in [0.1, 0.15) is 6.29 Å². The van der Waals surface area contributed by atoms with Crippen molar-refractivity contribution in [3.63, 3.8) is 0 Å².